The highest BCUT2D eigenvalue weighted by Gasteiger charge is 2.29. The maximum atomic E-state index is 6.99. The van der Waals surface area contributed by atoms with E-state index in [1.165, 1.54) is 37.5 Å². The fourth-order valence-corrected chi connectivity index (χ4v) is 2.49. The molecule has 1 aromatic carbocycles. The Morgan fingerprint density at radius 1 is 1.29 bits per heavy atom. The Bertz CT molecular complexity index is 389. The van der Waals surface area contributed by atoms with Gasteiger partial charge in [0, 0.05) is 11.9 Å². The summed E-state index contributed by atoms with van der Waals surface area (Å²) in [6.45, 7) is 0. The molecule has 0 saturated heterocycles. The second kappa shape index (κ2) is 5.67. The lowest BCUT2D eigenvalue weighted by Crippen LogP contribution is -2.28. The van der Waals surface area contributed by atoms with Crippen molar-refractivity contribution in [1.82, 2.24) is 0 Å². The Hall–Kier alpha value is -1.57. The normalized spacial score (nSPS) is 24.1. The van der Waals surface area contributed by atoms with Crippen LogP contribution in [-0.4, -0.2) is 6.21 Å². The first-order valence-corrected chi connectivity index (χ1v) is 6.29. The summed E-state index contributed by atoms with van der Waals surface area (Å²) >= 11 is 0. The molecule has 1 fully saturated rings. The Balaban J connectivity index is 1.71. The maximum Gasteiger partial charge on any atom is 0.0194 e. The fourth-order valence-electron chi connectivity index (χ4n) is 2.49. The Kier molecular flexibility index (Phi) is 3.97. The van der Waals surface area contributed by atoms with Gasteiger partial charge >= 0.3 is 0 Å². The summed E-state index contributed by atoms with van der Waals surface area (Å²) in [5.74, 6) is 1.34. The number of nitrogens with one attached hydrogen (secondary N) is 1. The minimum Gasteiger partial charge on any atom is -0.402 e. The maximum absolute atomic E-state index is 6.99. The van der Waals surface area contributed by atoms with Crippen LogP contribution in [0.4, 0.5) is 0 Å². The van der Waals surface area contributed by atoms with Gasteiger partial charge in [0.1, 0.15) is 0 Å². The molecule has 0 aromatic heterocycles. The van der Waals surface area contributed by atoms with Gasteiger partial charge in [-0.05, 0) is 49.2 Å². The van der Waals surface area contributed by atoms with E-state index in [1.807, 2.05) is 0 Å². The summed E-state index contributed by atoms with van der Waals surface area (Å²) in [7, 11) is 0. The van der Waals surface area contributed by atoms with Crippen LogP contribution in [0.5, 0.6) is 0 Å². The van der Waals surface area contributed by atoms with Crippen LogP contribution in [0.15, 0.2) is 42.1 Å². The molecule has 1 aliphatic carbocycles. The molecule has 0 atom stereocenters. The van der Waals surface area contributed by atoms with Crippen molar-refractivity contribution in [1.29, 1.82) is 5.41 Å². The summed E-state index contributed by atoms with van der Waals surface area (Å²) in [6, 6.07) is 10.7. The van der Waals surface area contributed by atoms with Crippen molar-refractivity contribution in [2.75, 3.05) is 0 Å². The van der Waals surface area contributed by atoms with Crippen molar-refractivity contribution in [3.05, 3.63) is 47.7 Å². The second-order valence-electron chi connectivity index (χ2n) is 4.89. The van der Waals surface area contributed by atoms with Crippen molar-refractivity contribution in [2.45, 2.75) is 25.7 Å². The van der Waals surface area contributed by atoms with Crippen LogP contribution in [0.25, 0.3) is 0 Å². The van der Waals surface area contributed by atoms with Gasteiger partial charge in [0.25, 0.3) is 0 Å². The minimum atomic E-state index is 0.525. The number of hydrogen-bond acceptors (Lipinski definition) is 2. The predicted octanol–water partition coefficient (Wildman–Crippen LogP) is 3.14. The van der Waals surface area contributed by atoms with Crippen molar-refractivity contribution in [3.63, 3.8) is 0 Å². The van der Waals surface area contributed by atoms with E-state index in [0.717, 1.165) is 11.6 Å². The van der Waals surface area contributed by atoms with Gasteiger partial charge in [-0.15, -0.1) is 0 Å². The molecule has 1 aliphatic rings. The van der Waals surface area contributed by atoms with Crippen molar-refractivity contribution in [3.8, 4) is 0 Å². The van der Waals surface area contributed by atoms with E-state index in [0.29, 0.717) is 5.92 Å². The zero-order chi connectivity index (χ0) is 12.1. The van der Waals surface area contributed by atoms with E-state index in [4.69, 9.17) is 11.1 Å². The summed E-state index contributed by atoms with van der Waals surface area (Å²) < 4.78 is 0. The lowest BCUT2D eigenvalue weighted by molar-refractivity contribution is 0.213. The first kappa shape index (κ1) is 11.9. The molecule has 1 aromatic rings. The Morgan fingerprint density at radius 2 is 2.00 bits per heavy atom. The van der Waals surface area contributed by atoms with E-state index in [9.17, 15) is 0 Å². The van der Waals surface area contributed by atoms with Gasteiger partial charge in [-0.2, -0.15) is 0 Å². The van der Waals surface area contributed by atoms with Crippen molar-refractivity contribution in [2.24, 2.45) is 17.6 Å². The van der Waals surface area contributed by atoms with E-state index < -0.39 is 0 Å². The van der Waals surface area contributed by atoms with Crippen molar-refractivity contribution < 1.29 is 0 Å². The Morgan fingerprint density at radius 3 is 2.65 bits per heavy atom. The molecule has 90 valence electrons. The molecule has 3 N–H and O–H groups in total. The number of nitrogens with two attached hydrogens (primary N) is 1. The molecular weight excluding hydrogens is 208 g/mol. The van der Waals surface area contributed by atoms with Gasteiger partial charge in [0.2, 0.25) is 0 Å². The van der Waals surface area contributed by atoms with E-state index in [1.54, 1.807) is 6.08 Å². The van der Waals surface area contributed by atoms with Crippen LogP contribution in [-0.2, 0) is 6.42 Å². The van der Waals surface area contributed by atoms with Crippen molar-refractivity contribution >= 4 is 6.21 Å². The molecule has 2 nitrogen and oxygen atoms in total. The molecule has 1 saturated carbocycles. The van der Waals surface area contributed by atoms with Gasteiger partial charge in [-0.1, -0.05) is 30.3 Å². The van der Waals surface area contributed by atoms with Crippen LogP contribution < -0.4 is 5.73 Å². The van der Waals surface area contributed by atoms with E-state index in [-0.39, 0.29) is 0 Å². The average molecular weight is 228 g/mol. The third kappa shape index (κ3) is 3.19. The van der Waals surface area contributed by atoms with E-state index >= 15 is 0 Å². The van der Waals surface area contributed by atoms with E-state index in [2.05, 4.69) is 30.3 Å². The number of allylic oxidation sites excluding steroid dienone is 2. The molecule has 0 aliphatic heterocycles. The smallest absolute Gasteiger partial charge is 0.0194 e. The molecule has 0 amide bonds. The van der Waals surface area contributed by atoms with Crippen LogP contribution >= 0.6 is 0 Å². The number of benzene rings is 1. The second-order valence-corrected chi connectivity index (χ2v) is 4.89. The Labute approximate surface area is 103 Å². The SMILES string of the molecule is N=CC=C(N)C1CC(CCc2ccccc2)C1. The number of rotatable bonds is 5. The first-order valence-electron chi connectivity index (χ1n) is 6.29. The molecule has 0 radical (unpaired) electrons. The third-order valence-corrected chi connectivity index (χ3v) is 3.67. The highest BCUT2D eigenvalue weighted by Crippen LogP contribution is 2.39. The van der Waals surface area contributed by atoms with Gasteiger partial charge < -0.3 is 11.1 Å². The van der Waals surface area contributed by atoms with Gasteiger partial charge in [-0.3, -0.25) is 0 Å². The topological polar surface area (TPSA) is 49.9 Å². The molecule has 0 unspecified atom stereocenters. The zero-order valence-electron chi connectivity index (χ0n) is 10.1. The lowest BCUT2D eigenvalue weighted by Gasteiger charge is -2.35. The molecule has 0 bridgehead atoms. The quantitative estimate of drug-likeness (QED) is 0.747. The third-order valence-electron chi connectivity index (χ3n) is 3.67. The largest absolute Gasteiger partial charge is 0.402 e. The first-order chi connectivity index (χ1) is 8.29. The lowest BCUT2D eigenvalue weighted by atomic mass is 9.71. The van der Waals surface area contributed by atoms with Gasteiger partial charge in [0.05, 0.1) is 0 Å². The molecule has 0 heterocycles. The number of aryl methyl sites for hydroxylation is 1. The monoisotopic (exact) mass is 228 g/mol. The molecule has 0 spiro atoms. The standard InChI is InChI=1S/C15H20N2/c16-9-8-15(17)14-10-13(11-14)7-6-12-4-2-1-3-5-12/h1-5,8-9,13-14,16H,6-7,10-11,17H2. The summed E-state index contributed by atoms with van der Waals surface area (Å²) in [6.07, 6.45) is 7.83. The molecule has 17 heavy (non-hydrogen) atoms. The summed E-state index contributed by atoms with van der Waals surface area (Å²) in [5, 5.41) is 6.99. The van der Waals surface area contributed by atoms with Crippen LogP contribution in [0.2, 0.25) is 0 Å². The zero-order valence-corrected chi connectivity index (χ0v) is 10.1. The predicted molar refractivity (Wildman–Crippen MR) is 72.0 cm³/mol. The fraction of sp³-hybridized carbons (Fsp3) is 0.400. The van der Waals surface area contributed by atoms with Crippen LogP contribution in [0, 0.1) is 17.2 Å². The molecular formula is C15H20N2. The van der Waals surface area contributed by atoms with Crippen LogP contribution in [0.3, 0.4) is 0 Å². The van der Waals surface area contributed by atoms with Gasteiger partial charge in [0.15, 0.2) is 0 Å². The minimum absolute atomic E-state index is 0.525. The summed E-state index contributed by atoms with van der Waals surface area (Å²) in [4.78, 5) is 0. The highest BCUT2D eigenvalue weighted by molar-refractivity contribution is 5.68. The summed E-state index contributed by atoms with van der Waals surface area (Å²) in [5.41, 5.74) is 8.18. The molecule has 2 heteroatoms. The van der Waals surface area contributed by atoms with Crippen LogP contribution in [0.1, 0.15) is 24.8 Å². The number of hydrogen-bond donors (Lipinski definition) is 2. The van der Waals surface area contributed by atoms with Gasteiger partial charge in [-0.25, -0.2) is 0 Å². The highest BCUT2D eigenvalue weighted by atomic mass is 14.6. The average Bonchev–Trinajstić information content (AvgIpc) is 2.28. The molecule has 2 rings (SSSR count).